The summed E-state index contributed by atoms with van der Waals surface area (Å²) in [4.78, 5) is 24.1. The second-order valence-electron chi connectivity index (χ2n) is 4.59. The topological polar surface area (TPSA) is 59.3 Å². The quantitative estimate of drug-likeness (QED) is 0.703. The van der Waals surface area contributed by atoms with Gasteiger partial charge in [-0.1, -0.05) is 22.0 Å². The minimum absolute atomic E-state index is 0.144. The van der Waals surface area contributed by atoms with Gasteiger partial charge in [-0.25, -0.2) is 9.18 Å². The summed E-state index contributed by atoms with van der Waals surface area (Å²) in [5.41, 5.74) is -0.243. The first-order valence-corrected chi connectivity index (χ1v) is 7.12. The Hall–Kier alpha value is -2.47. The third kappa shape index (κ3) is 2.92. The normalized spacial score (nSPS) is 10.6. The summed E-state index contributed by atoms with van der Waals surface area (Å²) in [5, 5.41) is 3.08. The van der Waals surface area contributed by atoms with Crippen LogP contribution in [0.3, 0.4) is 0 Å². The van der Waals surface area contributed by atoms with E-state index in [1.54, 1.807) is 18.2 Å². The molecule has 0 spiro atoms. The summed E-state index contributed by atoms with van der Waals surface area (Å²) in [6, 6.07) is 12.0. The molecule has 0 aliphatic carbocycles. The third-order valence-corrected chi connectivity index (χ3v) is 3.51. The lowest BCUT2D eigenvalue weighted by Gasteiger charge is -2.05. The van der Waals surface area contributed by atoms with Crippen molar-refractivity contribution < 1.29 is 13.6 Å². The van der Waals surface area contributed by atoms with E-state index in [4.69, 9.17) is 4.42 Å². The summed E-state index contributed by atoms with van der Waals surface area (Å²) >= 11 is 3.31. The van der Waals surface area contributed by atoms with Crippen molar-refractivity contribution in [3.63, 3.8) is 0 Å². The van der Waals surface area contributed by atoms with Crippen LogP contribution in [0.2, 0.25) is 0 Å². The predicted octanol–water partition coefficient (Wildman–Crippen LogP) is 3.95. The van der Waals surface area contributed by atoms with E-state index in [9.17, 15) is 14.0 Å². The molecule has 2 aromatic carbocycles. The van der Waals surface area contributed by atoms with E-state index >= 15 is 0 Å². The van der Waals surface area contributed by atoms with Gasteiger partial charge >= 0.3 is 5.63 Å². The highest BCUT2D eigenvalue weighted by Gasteiger charge is 2.14. The zero-order valence-corrected chi connectivity index (χ0v) is 12.7. The molecule has 1 N–H and O–H groups in total. The monoisotopic (exact) mass is 361 g/mol. The van der Waals surface area contributed by atoms with Gasteiger partial charge in [0.05, 0.1) is 0 Å². The molecule has 0 aliphatic rings. The van der Waals surface area contributed by atoms with Gasteiger partial charge in [-0.15, -0.1) is 0 Å². The standard InChI is InChI=1S/C16H9BrFNO3/c17-10-4-5-14-9(6-10)7-13(16(21)22-14)15(20)19-12-3-1-2-11(18)8-12/h1-8H,(H,19,20). The van der Waals surface area contributed by atoms with E-state index in [2.05, 4.69) is 21.2 Å². The van der Waals surface area contributed by atoms with Crippen LogP contribution in [-0.2, 0) is 0 Å². The lowest BCUT2D eigenvalue weighted by molar-refractivity contribution is 0.102. The van der Waals surface area contributed by atoms with Crippen LogP contribution in [0, 0.1) is 5.82 Å². The number of amides is 1. The molecule has 3 aromatic rings. The van der Waals surface area contributed by atoms with Crippen molar-refractivity contribution in [1.29, 1.82) is 0 Å². The molecule has 1 aromatic heterocycles. The van der Waals surface area contributed by atoms with Crippen LogP contribution >= 0.6 is 15.9 Å². The van der Waals surface area contributed by atoms with Crippen molar-refractivity contribution in [3.8, 4) is 0 Å². The summed E-state index contributed by atoms with van der Waals surface area (Å²) in [7, 11) is 0. The number of anilines is 1. The van der Waals surface area contributed by atoms with Gasteiger partial charge in [0.1, 0.15) is 17.0 Å². The average molecular weight is 362 g/mol. The summed E-state index contributed by atoms with van der Waals surface area (Å²) < 4.78 is 19.0. The van der Waals surface area contributed by atoms with E-state index in [0.29, 0.717) is 11.0 Å². The Bertz CT molecular complexity index is 936. The number of rotatable bonds is 2. The van der Waals surface area contributed by atoms with Crippen LogP contribution in [0.4, 0.5) is 10.1 Å². The zero-order chi connectivity index (χ0) is 15.7. The lowest BCUT2D eigenvalue weighted by Crippen LogP contribution is -2.20. The molecule has 0 bridgehead atoms. The molecule has 0 atom stereocenters. The molecule has 110 valence electrons. The van der Waals surface area contributed by atoms with Crippen LogP contribution in [0.1, 0.15) is 10.4 Å². The number of fused-ring (bicyclic) bond motifs is 1. The Morgan fingerprint density at radius 3 is 2.73 bits per heavy atom. The number of benzene rings is 2. The van der Waals surface area contributed by atoms with Gasteiger partial charge in [-0.2, -0.15) is 0 Å². The number of carbonyl (C=O) groups is 1. The molecular weight excluding hydrogens is 353 g/mol. The van der Waals surface area contributed by atoms with Crippen molar-refractivity contribution in [2.75, 3.05) is 5.32 Å². The number of nitrogens with one attached hydrogen (secondary N) is 1. The maximum Gasteiger partial charge on any atom is 0.349 e. The highest BCUT2D eigenvalue weighted by molar-refractivity contribution is 9.10. The van der Waals surface area contributed by atoms with Crippen molar-refractivity contribution >= 4 is 38.5 Å². The fourth-order valence-corrected chi connectivity index (χ4v) is 2.40. The third-order valence-electron chi connectivity index (χ3n) is 3.02. The zero-order valence-electron chi connectivity index (χ0n) is 11.1. The van der Waals surface area contributed by atoms with Gasteiger partial charge < -0.3 is 9.73 Å². The Morgan fingerprint density at radius 2 is 1.95 bits per heavy atom. The Labute approximate surface area is 132 Å². The Balaban J connectivity index is 2.00. The fraction of sp³-hybridized carbons (Fsp3) is 0. The highest BCUT2D eigenvalue weighted by Crippen LogP contribution is 2.20. The molecule has 3 rings (SSSR count). The van der Waals surface area contributed by atoms with Crippen LogP contribution in [0.5, 0.6) is 0 Å². The smallest absolute Gasteiger partial charge is 0.349 e. The molecule has 0 saturated heterocycles. The minimum Gasteiger partial charge on any atom is -0.422 e. The Kier molecular flexibility index (Phi) is 3.77. The first-order valence-electron chi connectivity index (χ1n) is 6.33. The molecular formula is C16H9BrFNO3. The van der Waals surface area contributed by atoms with Crippen LogP contribution in [0.15, 0.2) is 62.2 Å². The molecule has 0 aliphatic heterocycles. The minimum atomic E-state index is -0.747. The van der Waals surface area contributed by atoms with E-state index in [0.717, 1.165) is 10.5 Å². The summed E-state index contributed by atoms with van der Waals surface area (Å²) in [6.45, 7) is 0. The SMILES string of the molecule is O=C(Nc1cccc(F)c1)c1cc2cc(Br)ccc2oc1=O. The predicted molar refractivity (Wildman–Crippen MR) is 84.5 cm³/mol. The van der Waals surface area contributed by atoms with Crippen LogP contribution < -0.4 is 10.9 Å². The number of halogens is 2. The van der Waals surface area contributed by atoms with Crippen LogP contribution in [0.25, 0.3) is 11.0 Å². The number of hydrogen-bond donors (Lipinski definition) is 1. The van der Waals surface area contributed by atoms with Gasteiger partial charge in [0.25, 0.3) is 5.91 Å². The van der Waals surface area contributed by atoms with E-state index in [1.807, 2.05) is 0 Å². The molecule has 0 fully saturated rings. The molecule has 6 heteroatoms. The first kappa shape index (κ1) is 14.5. The molecule has 0 unspecified atom stereocenters. The average Bonchev–Trinajstić information content (AvgIpc) is 2.47. The fourth-order valence-electron chi connectivity index (χ4n) is 2.02. The van der Waals surface area contributed by atoms with Gasteiger partial charge in [0.15, 0.2) is 0 Å². The molecule has 0 saturated carbocycles. The van der Waals surface area contributed by atoms with E-state index < -0.39 is 17.3 Å². The largest absolute Gasteiger partial charge is 0.422 e. The Morgan fingerprint density at radius 1 is 1.14 bits per heavy atom. The van der Waals surface area contributed by atoms with E-state index in [-0.39, 0.29) is 11.3 Å². The van der Waals surface area contributed by atoms with Gasteiger partial charge in [-0.3, -0.25) is 4.79 Å². The van der Waals surface area contributed by atoms with Crippen molar-refractivity contribution in [2.24, 2.45) is 0 Å². The molecule has 22 heavy (non-hydrogen) atoms. The van der Waals surface area contributed by atoms with Gasteiger partial charge in [0, 0.05) is 15.5 Å². The second-order valence-corrected chi connectivity index (χ2v) is 5.51. The maximum absolute atomic E-state index is 13.1. The first-order chi connectivity index (χ1) is 10.5. The van der Waals surface area contributed by atoms with Crippen molar-refractivity contribution in [2.45, 2.75) is 0 Å². The molecule has 4 nitrogen and oxygen atoms in total. The summed E-state index contributed by atoms with van der Waals surface area (Å²) in [5.74, 6) is -1.13. The highest BCUT2D eigenvalue weighted by atomic mass is 79.9. The number of carbonyl (C=O) groups excluding carboxylic acids is 1. The van der Waals surface area contributed by atoms with Crippen molar-refractivity contribution in [3.05, 3.63) is 74.8 Å². The second kappa shape index (κ2) is 5.73. The number of hydrogen-bond acceptors (Lipinski definition) is 3. The van der Waals surface area contributed by atoms with Gasteiger partial charge in [0.2, 0.25) is 0 Å². The lowest BCUT2D eigenvalue weighted by atomic mass is 10.1. The van der Waals surface area contributed by atoms with Gasteiger partial charge in [-0.05, 0) is 42.5 Å². The van der Waals surface area contributed by atoms with Crippen LogP contribution in [-0.4, -0.2) is 5.91 Å². The molecule has 0 radical (unpaired) electrons. The molecule has 1 heterocycles. The summed E-state index contributed by atoms with van der Waals surface area (Å²) in [6.07, 6.45) is 0. The molecule has 1 amide bonds. The van der Waals surface area contributed by atoms with Crippen molar-refractivity contribution in [1.82, 2.24) is 0 Å². The maximum atomic E-state index is 13.1. The van der Waals surface area contributed by atoms with E-state index in [1.165, 1.54) is 24.3 Å².